The van der Waals surface area contributed by atoms with Crippen molar-refractivity contribution in [1.82, 2.24) is 19.7 Å². The van der Waals surface area contributed by atoms with Crippen LogP contribution in [0.5, 0.6) is 5.75 Å². The van der Waals surface area contributed by atoms with E-state index in [4.69, 9.17) is 9.47 Å². The summed E-state index contributed by atoms with van der Waals surface area (Å²) in [7, 11) is 3.83. The molecule has 3 aromatic rings. The van der Waals surface area contributed by atoms with Gasteiger partial charge < -0.3 is 14.0 Å². The van der Waals surface area contributed by atoms with Crippen LogP contribution in [0.15, 0.2) is 53.7 Å². The zero-order valence-electron chi connectivity index (χ0n) is 19.2. The molecule has 170 valence electrons. The molecule has 1 atom stereocenters. The Bertz CT molecular complexity index is 1020. The minimum Gasteiger partial charge on any atom is -0.496 e. The highest BCUT2D eigenvalue weighted by Gasteiger charge is 2.22. The largest absolute Gasteiger partial charge is 0.496 e. The van der Waals surface area contributed by atoms with Gasteiger partial charge in [0.1, 0.15) is 11.6 Å². The van der Waals surface area contributed by atoms with Gasteiger partial charge in [0, 0.05) is 24.5 Å². The Kier molecular flexibility index (Phi) is 7.84. The Morgan fingerprint density at radius 3 is 2.62 bits per heavy atom. The number of rotatable bonds is 10. The third-order valence-electron chi connectivity index (χ3n) is 5.87. The van der Waals surface area contributed by atoms with Crippen molar-refractivity contribution in [2.45, 2.75) is 56.4 Å². The van der Waals surface area contributed by atoms with Crippen LogP contribution in [0.25, 0.3) is 0 Å². The summed E-state index contributed by atoms with van der Waals surface area (Å²) < 4.78 is 13.7. The highest BCUT2D eigenvalue weighted by Crippen LogP contribution is 2.26. The maximum atomic E-state index is 5.93. The van der Waals surface area contributed by atoms with Crippen molar-refractivity contribution < 1.29 is 9.47 Å². The number of benzene rings is 2. The molecule has 0 amide bonds. The molecule has 4 rings (SSSR count). The zero-order valence-corrected chi connectivity index (χ0v) is 20.0. The fraction of sp³-hybridized carbons (Fsp3) is 0.440. The van der Waals surface area contributed by atoms with Gasteiger partial charge >= 0.3 is 0 Å². The van der Waals surface area contributed by atoms with Crippen molar-refractivity contribution in [2.24, 2.45) is 0 Å². The molecular weight excluding hydrogens is 420 g/mol. The highest BCUT2D eigenvalue weighted by molar-refractivity contribution is 7.98. The average molecular weight is 453 g/mol. The Morgan fingerprint density at radius 1 is 1.09 bits per heavy atom. The number of methoxy groups -OCH3 is 1. The Balaban J connectivity index is 1.49. The molecular formula is C25H32N4O2S. The Hall–Kier alpha value is -2.35. The van der Waals surface area contributed by atoms with Gasteiger partial charge in [0.2, 0.25) is 0 Å². The number of aryl methyl sites for hydroxylation is 1. The number of hydrogen-bond donors (Lipinski definition) is 0. The molecule has 1 aliphatic heterocycles. The second kappa shape index (κ2) is 11.0. The van der Waals surface area contributed by atoms with Crippen LogP contribution in [-0.4, -0.2) is 46.5 Å². The van der Waals surface area contributed by atoms with Crippen molar-refractivity contribution in [1.29, 1.82) is 0 Å². The number of hydrogen-bond acceptors (Lipinski definition) is 6. The van der Waals surface area contributed by atoms with Crippen LogP contribution in [0, 0.1) is 6.92 Å². The monoisotopic (exact) mass is 452 g/mol. The van der Waals surface area contributed by atoms with E-state index in [-0.39, 0.29) is 6.10 Å². The fourth-order valence-electron chi connectivity index (χ4n) is 4.05. The minimum atomic E-state index is 0.238. The van der Waals surface area contributed by atoms with Gasteiger partial charge in [-0.05, 0) is 44.0 Å². The number of ether oxygens (including phenoxy) is 2. The van der Waals surface area contributed by atoms with E-state index in [1.165, 1.54) is 11.1 Å². The summed E-state index contributed by atoms with van der Waals surface area (Å²) in [6.07, 6.45) is 2.46. The van der Waals surface area contributed by atoms with Crippen LogP contribution in [0.4, 0.5) is 0 Å². The molecule has 0 N–H and O–H groups in total. The summed E-state index contributed by atoms with van der Waals surface area (Å²) in [6.45, 7) is 5.30. The van der Waals surface area contributed by atoms with Gasteiger partial charge in [0.15, 0.2) is 5.16 Å². The molecule has 0 bridgehead atoms. The van der Waals surface area contributed by atoms with E-state index in [2.05, 4.69) is 64.0 Å². The first-order valence-electron chi connectivity index (χ1n) is 11.2. The standard InChI is InChI=1S/C25H32N4O2S/c1-19-9-4-5-11-21(19)18-32-25-27-26-24(29(25)16-22-12-8-14-31-22)17-28(2)15-20-10-6-7-13-23(20)30-3/h4-7,9-11,13,22H,8,12,14-18H2,1-3H3/t22-/m1/s1. The van der Waals surface area contributed by atoms with E-state index in [1.807, 2.05) is 18.2 Å². The maximum absolute atomic E-state index is 5.93. The van der Waals surface area contributed by atoms with E-state index in [0.717, 1.165) is 60.6 Å². The first-order chi connectivity index (χ1) is 15.6. The SMILES string of the molecule is COc1ccccc1CN(C)Cc1nnc(SCc2ccccc2C)n1C[C@H]1CCCO1. The second-order valence-corrected chi connectivity index (χ2v) is 9.29. The lowest BCUT2D eigenvalue weighted by Crippen LogP contribution is -2.23. The summed E-state index contributed by atoms with van der Waals surface area (Å²) in [5, 5.41) is 10.1. The van der Waals surface area contributed by atoms with E-state index in [1.54, 1.807) is 18.9 Å². The zero-order chi connectivity index (χ0) is 22.3. The van der Waals surface area contributed by atoms with Crippen molar-refractivity contribution in [2.75, 3.05) is 20.8 Å². The molecule has 0 spiro atoms. The lowest BCUT2D eigenvalue weighted by Gasteiger charge is -2.20. The average Bonchev–Trinajstić information content (AvgIpc) is 3.44. The molecule has 2 heterocycles. The van der Waals surface area contributed by atoms with Crippen LogP contribution in [0.1, 0.15) is 35.4 Å². The van der Waals surface area contributed by atoms with Crippen LogP contribution < -0.4 is 4.74 Å². The van der Waals surface area contributed by atoms with Gasteiger partial charge in [0.25, 0.3) is 0 Å². The predicted molar refractivity (Wildman–Crippen MR) is 128 cm³/mol. The number of thioether (sulfide) groups is 1. The molecule has 1 aliphatic rings. The molecule has 32 heavy (non-hydrogen) atoms. The van der Waals surface area contributed by atoms with E-state index < -0.39 is 0 Å². The first kappa shape index (κ1) is 22.8. The van der Waals surface area contributed by atoms with Crippen molar-refractivity contribution in [3.8, 4) is 5.75 Å². The van der Waals surface area contributed by atoms with Gasteiger partial charge in [0.05, 0.1) is 26.3 Å². The van der Waals surface area contributed by atoms with Crippen LogP contribution in [-0.2, 0) is 30.1 Å². The Labute approximate surface area is 194 Å². The van der Waals surface area contributed by atoms with Crippen molar-refractivity contribution >= 4 is 11.8 Å². The third-order valence-corrected chi connectivity index (χ3v) is 6.88. The molecule has 0 saturated carbocycles. The quantitative estimate of drug-likeness (QED) is 0.416. The molecule has 0 radical (unpaired) electrons. The number of para-hydroxylation sites is 1. The van der Waals surface area contributed by atoms with Gasteiger partial charge in [-0.3, -0.25) is 4.90 Å². The first-order valence-corrected chi connectivity index (χ1v) is 12.1. The smallest absolute Gasteiger partial charge is 0.191 e. The summed E-state index contributed by atoms with van der Waals surface area (Å²) in [6, 6.07) is 16.7. The van der Waals surface area contributed by atoms with Crippen molar-refractivity contribution in [3.63, 3.8) is 0 Å². The summed E-state index contributed by atoms with van der Waals surface area (Å²) in [5.74, 6) is 2.77. The predicted octanol–water partition coefficient (Wildman–Crippen LogP) is 4.70. The van der Waals surface area contributed by atoms with E-state index in [9.17, 15) is 0 Å². The van der Waals surface area contributed by atoms with Crippen LogP contribution >= 0.6 is 11.8 Å². The van der Waals surface area contributed by atoms with Crippen molar-refractivity contribution in [3.05, 3.63) is 71.0 Å². The molecule has 2 aromatic carbocycles. The van der Waals surface area contributed by atoms with Crippen LogP contribution in [0.3, 0.4) is 0 Å². The topological polar surface area (TPSA) is 52.4 Å². The van der Waals surface area contributed by atoms with Gasteiger partial charge in [-0.25, -0.2) is 0 Å². The lowest BCUT2D eigenvalue weighted by molar-refractivity contribution is 0.0934. The second-order valence-electron chi connectivity index (χ2n) is 8.34. The molecule has 0 unspecified atom stereocenters. The molecule has 6 nitrogen and oxygen atoms in total. The van der Waals surface area contributed by atoms with E-state index >= 15 is 0 Å². The summed E-state index contributed by atoms with van der Waals surface area (Å²) >= 11 is 1.75. The Morgan fingerprint density at radius 2 is 1.88 bits per heavy atom. The summed E-state index contributed by atoms with van der Waals surface area (Å²) in [5.41, 5.74) is 3.80. The van der Waals surface area contributed by atoms with Gasteiger partial charge in [-0.2, -0.15) is 0 Å². The molecule has 1 saturated heterocycles. The molecule has 1 fully saturated rings. The normalized spacial score (nSPS) is 16.1. The maximum Gasteiger partial charge on any atom is 0.191 e. The lowest BCUT2D eigenvalue weighted by atomic mass is 10.1. The van der Waals surface area contributed by atoms with E-state index in [0.29, 0.717) is 6.54 Å². The molecule has 0 aliphatic carbocycles. The fourth-order valence-corrected chi connectivity index (χ4v) is 5.10. The third kappa shape index (κ3) is 5.71. The number of aromatic nitrogens is 3. The van der Waals surface area contributed by atoms with Crippen LogP contribution in [0.2, 0.25) is 0 Å². The number of nitrogens with zero attached hydrogens (tertiary/aromatic N) is 4. The molecule has 7 heteroatoms. The van der Waals surface area contributed by atoms with Gasteiger partial charge in [-0.1, -0.05) is 54.2 Å². The van der Waals surface area contributed by atoms with Gasteiger partial charge in [-0.15, -0.1) is 10.2 Å². The minimum absolute atomic E-state index is 0.238. The molecule has 1 aromatic heterocycles. The summed E-state index contributed by atoms with van der Waals surface area (Å²) in [4.78, 5) is 2.25. The highest BCUT2D eigenvalue weighted by atomic mass is 32.2.